The summed E-state index contributed by atoms with van der Waals surface area (Å²) in [7, 11) is 0. The molecule has 0 amide bonds. The van der Waals surface area contributed by atoms with E-state index in [-0.39, 0.29) is 5.82 Å². The van der Waals surface area contributed by atoms with Crippen LogP contribution in [-0.4, -0.2) is 5.33 Å². The highest BCUT2D eigenvalue weighted by atomic mass is 79.9. The van der Waals surface area contributed by atoms with Gasteiger partial charge in [-0.3, -0.25) is 0 Å². The van der Waals surface area contributed by atoms with Gasteiger partial charge in [-0.2, -0.15) is 0 Å². The molecule has 0 aliphatic rings. The van der Waals surface area contributed by atoms with Gasteiger partial charge in [-0.1, -0.05) is 39.4 Å². The van der Waals surface area contributed by atoms with Crippen molar-refractivity contribution in [2.45, 2.75) is 6.92 Å². The molecular weight excluding hydrogens is 254 g/mol. The molecule has 13 heavy (non-hydrogen) atoms. The Balaban J connectivity index is 3.16. The highest BCUT2D eigenvalue weighted by Crippen LogP contribution is 2.19. The molecule has 0 aliphatic heterocycles. The summed E-state index contributed by atoms with van der Waals surface area (Å²) in [5.74, 6) is 5.07. The van der Waals surface area contributed by atoms with Gasteiger partial charge in [0.2, 0.25) is 0 Å². The summed E-state index contributed by atoms with van der Waals surface area (Å²) >= 11 is 8.95. The van der Waals surface area contributed by atoms with Crippen molar-refractivity contribution in [2.24, 2.45) is 0 Å². The van der Waals surface area contributed by atoms with E-state index in [0.29, 0.717) is 15.9 Å². The lowest BCUT2D eigenvalue weighted by Gasteiger charge is -1.99. The lowest BCUT2D eigenvalue weighted by atomic mass is 10.1. The molecule has 0 nitrogen and oxygen atoms in total. The van der Waals surface area contributed by atoms with Crippen molar-refractivity contribution in [2.75, 3.05) is 5.33 Å². The van der Waals surface area contributed by atoms with Gasteiger partial charge in [0.25, 0.3) is 0 Å². The molecule has 0 N–H and O–H groups in total. The topological polar surface area (TPSA) is 0 Å². The second-order valence-electron chi connectivity index (χ2n) is 2.52. The molecule has 0 heterocycles. The molecule has 0 saturated heterocycles. The lowest BCUT2D eigenvalue weighted by molar-refractivity contribution is 0.623. The van der Waals surface area contributed by atoms with Gasteiger partial charge in [0.15, 0.2) is 0 Å². The van der Waals surface area contributed by atoms with Crippen molar-refractivity contribution in [3.05, 3.63) is 34.1 Å². The minimum atomic E-state index is -0.324. The van der Waals surface area contributed by atoms with E-state index < -0.39 is 0 Å². The Morgan fingerprint density at radius 3 is 2.85 bits per heavy atom. The van der Waals surface area contributed by atoms with Crippen LogP contribution in [0.25, 0.3) is 0 Å². The van der Waals surface area contributed by atoms with Crippen LogP contribution >= 0.6 is 27.5 Å². The Kier molecular flexibility index (Phi) is 3.77. The maximum absolute atomic E-state index is 13.2. The zero-order valence-electron chi connectivity index (χ0n) is 7.00. The van der Waals surface area contributed by atoms with Crippen LogP contribution in [0, 0.1) is 24.6 Å². The Bertz CT molecular complexity index is 376. The van der Waals surface area contributed by atoms with Crippen LogP contribution in [0.4, 0.5) is 4.39 Å². The van der Waals surface area contributed by atoms with Gasteiger partial charge in [-0.05, 0) is 24.6 Å². The van der Waals surface area contributed by atoms with Crippen molar-refractivity contribution in [3.8, 4) is 11.8 Å². The van der Waals surface area contributed by atoms with Crippen molar-refractivity contribution in [1.29, 1.82) is 0 Å². The number of hydrogen-bond donors (Lipinski definition) is 0. The summed E-state index contributed by atoms with van der Waals surface area (Å²) in [6.07, 6.45) is 0. The molecule has 1 aromatic rings. The fraction of sp³-hybridized carbons (Fsp3) is 0.200. The van der Waals surface area contributed by atoms with Crippen LogP contribution in [0.3, 0.4) is 0 Å². The highest BCUT2D eigenvalue weighted by Gasteiger charge is 2.02. The Morgan fingerprint density at radius 1 is 1.54 bits per heavy atom. The molecule has 0 aliphatic carbocycles. The summed E-state index contributed by atoms with van der Waals surface area (Å²) < 4.78 is 13.2. The monoisotopic (exact) mass is 260 g/mol. The molecule has 3 heteroatoms. The van der Waals surface area contributed by atoms with E-state index in [4.69, 9.17) is 11.6 Å². The molecular formula is C10H7BrClF. The first-order valence-corrected chi connectivity index (χ1v) is 5.15. The van der Waals surface area contributed by atoms with Crippen LogP contribution in [0.5, 0.6) is 0 Å². The molecule has 0 radical (unpaired) electrons. The van der Waals surface area contributed by atoms with Crippen LogP contribution < -0.4 is 0 Å². The van der Waals surface area contributed by atoms with Gasteiger partial charge in [0.05, 0.1) is 10.9 Å². The third kappa shape index (κ3) is 2.72. The molecule has 0 bridgehead atoms. The fourth-order valence-electron chi connectivity index (χ4n) is 0.871. The molecule has 0 spiro atoms. The molecule has 1 aromatic carbocycles. The van der Waals surface area contributed by atoms with E-state index >= 15 is 0 Å². The summed E-state index contributed by atoms with van der Waals surface area (Å²) in [5.41, 5.74) is 1.07. The summed E-state index contributed by atoms with van der Waals surface area (Å²) in [6.45, 7) is 1.76. The van der Waals surface area contributed by atoms with Gasteiger partial charge in [0.1, 0.15) is 5.82 Å². The Labute approximate surface area is 90.2 Å². The second-order valence-corrected chi connectivity index (χ2v) is 3.48. The molecule has 0 atom stereocenters. The zero-order chi connectivity index (χ0) is 9.84. The number of aryl methyl sites for hydroxylation is 1. The maximum atomic E-state index is 13.2. The van der Waals surface area contributed by atoms with E-state index in [2.05, 4.69) is 27.8 Å². The van der Waals surface area contributed by atoms with Gasteiger partial charge in [-0.25, -0.2) is 4.39 Å². The molecule has 0 unspecified atom stereocenters. The smallest absolute Gasteiger partial charge is 0.139 e. The third-order valence-electron chi connectivity index (χ3n) is 1.54. The van der Waals surface area contributed by atoms with E-state index in [0.717, 1.165) is 5.56 Å². The van der Waals surface area contributed by atoms with E-state index in [9.17, 15) is 4.39 Å². The van der Waals surface area contributed by atoms with E-state index in [1.807, 2.05) is 0 Å². The van der Waals surface area contributed by atoms with Crippen molar-refractivity contribution in [3.63, 3.8) is 0 Å². The van der Waals surface area contributed by atoms with Crippen LogP contribution in [-0.2, 0) is 0 Å². The normalized spacial score (nSPS) is 9.23. The van der Waals surface area contributed by atoms with Crippen molar-refractivity contribution in [1.82, 2.24) is 0 Å². The highest BCUT2D eigenvalue weighted by molar-refractivity contribution is 9.09. The molecule has 1 rings (SSSR count). The first kappa shape index (κ1) is 10.6. The second kappa shape index (κ2) is 4.64. The van der Waals surface area contributed by atoms with Gasteiger partial charge >= 0.3 is 0 Å². The van der Waals surface area contributed by atoms with Crippen LogP contribution in [0.15, 0.2) is 12.1 Å². The lowest BCUT2D eigenvalue weighted by Crippen LogP contribution is -1.86. The minimum Gasteiger partial charge on any atom is -0.206 e. The average molecular weight is 262 g/mol. The molecule has 0 saturated carbocycles. The van der Waals surface area contributed by atoms with Gasteiger partial charge in [0, 0.05) is 5.02 Å². The standard InChI is InChI=1S/C10H7BrClF/c1-7-5-10(13)8(3-2-4-11)6-9(7)12/h5-6H,4H2,1H3. The number of rotatable bonds is 0. The predicted molar refractivity (Wildman–Crippen MR) is 56.8 cm³/mol. The van der Waals surface area contributed by atoms with Crippen LogP contribution in [0.1, 0.15) is 11.1 Å². The fourth-order valence-corrected chi connectivity index (χ4v) is 1.17. The van der Waals surface area contributed by atoms with Crippen molar-refractivity contribution < 1.29 is 4.39 Å². The zero-order valence-corrected chi connectivity index (χ0v) is 9.34. The van der Waals surface area contributed by atoms with Gasteiger partial charge in [-0.15, -0.1) is 0 Å². The predicted octanol–water partition coefficient (Wildman–Crippen LogP) is 3.53. The first-order chi connectivity index (χ1) is 6.15. The SMILES string of the molecule is Cc1cc(F)c(C#CCBr)cc1Cl. The molecule has 68 valence electrons. The van der Waals surface area contributed by atoms with Crippen LogP contribution in [0.2, 0.25) is 5.02 Å². The minimum absolute atomic E-state index is 0.324. The van der Waals surface area contributed by atoms with E-state index in [1.54, 1.807) is 13.0 Å². The average Bonchev–Trinajstić information content (AvgIpc) is 2.09. The number of halogens is 3. The maximum Gasteiger partial charge on any atom is 0.139 e. The summed E-state index contributed by atoms with van der Waals surface area (Å²) in [5, 5.41) is 1.07. The Morgan fingerprint density at radius 2 is 2.23 bits per heavy atom. The largest absolute Gasteiger partial charge is 0.206 e. The number of hydrogen-bond acceptors (Lipinski definition) is 0. The molecule has 0 fully saturated rings. The number of benzene rings is 1. The van der Waals surface area contributed by atoms with E-state index in [1.165, 1.54) is 6.07 Å². The quantitative estimate of drug-likeness (QED) is 0.495. The third-order valence-corrected chi connectivity index (χ3v) is 2.23. The summed E-state index contributed by atoms with van der Waals surface area (Å²) in [4.78, 5) is 0. The first-order valence-electron chi connectivity index (χ1n) is 3.65. The Hall–Kier alpha value is -0.520. The summed E-state index contributed by atoms with van der Waals surface area (Å²) in [6, 6.07) is 2.93. The number of alkyl halides is 1. The van der Waals surface area contributed by atoms with Gasteiger partial charge < -0.3 is 0 Å². The molecule has 0 aromatic heterocycles. The van der Waals surface area contributed by atoms with Crippen molar-refractivity contribution >= 4 is 27.5 Å².